The lowest BCUT2D eigenvalue weighted by molar-refractivity contribution is 0.0670. The molecule has 0 saturated carbocycles. The minimum Gasteiger partial charge on any atom is -0.494 e. The molecule has 0 aliphatic heterocycles. The summed E-state index contributed by atoms with van der Waals surface area (Å²) in [5.74, 6) is 0.457. The first-order chi connectivity index (χ1) is 9.19. The smallest absolute Gasteiger partial charge is 0.258 e. The summed E-state index contributed by atoms with van der Waals surface area (Å²) in [6, 6.07) is 1.89. The number of ether oxygens (including phenoxy) is 1. The van der Waals surface area contributed by atoms with Crippen molar-refractivity contribution in [2.24, 2.45) is 5.73 Å². The van der Waals surface area contributed by atoms with Crippen LogP contribution >= 0.6 is 0 Å². The van der Waals surface area contributed by atoms with Gasteiger partial charge < -0.3 is 15.4 Å². The van der Waals surface area contributed by atoms with E-state index in [0.29, 0.717) is 24.4 Å². The molecule has 1 heterocycles. The van der Waals surface area contributed by atoms with Gasteiger partial charge in [-0.2, -0.15) is 0 Å². The maximum Gasteiger partial charge on any atom is 0.258 e. The minimum absolute atomic E-state index is 0.0431. The molecule has 1 aromatic heterocycles. The van der Waals surface area contributed by atoms with Gasteiger partial charge in [0.25, 0.3) is 5.91 Å². The first-order valence-electron chi connectivity index (χ1n) is 6.68. The summed E-state index contributed by atoms with van der Waals surface area (Å²) < 4.78 is 5.20. The van der Waals surface area contributed by atoms with E-state index in [1.165, 1.54) is 7.11 Å². The highest BCUT2D eigenvalue weighted by molar-refractivity contribution is 5.97. The predicted octanol–water partition coefficient (Wildman–Crippen LogP) is 1.68. The minimum atomic E-state index is -0.0431. The van der Waals surface area contributed by atoms with Crippen LogP contribution in [0.3, 0.4) is 0 Å². The quantitative estimate of drug-likeness (QED) is 0.814. The normalized spacial score (nSPS) is 10.6. The van der Waals surface area contributed by atoms with E-state index in [0.717, 1.165) is 12.8 Å². The van der Waals surface area contributed by atoms with Crippen LogP contribution in [0.25, 0.3) is 0 Å². The molecule has 0 bridgehead atoms. The monoisotopic (exact) mass is 265 g/mol. The van der Waals surface area contributed by atoms with Crippen molar-refractivity contribution >= 4 is 5.91 Å². The summed E-state index contributed by atoms with van der Waals surface area (Å²) in [4.78, 5) is 18.4. The van der Waals surface area contributed by atoms with Crippen LogP contribution in [-0.4, -0.2) is 42.0 Å². The Morgan fingerprint density at radius 1 is 1.47 bits per heavy atom. The zero-order valence-electron chi connectivity index (χ0n) is 11.9. The first kappa shape index (κ1) is 15.4. The SMILES string of the molecule is CCC(CC)N(CCN)C(=O)c1ccncc1OC. The van der Waals surface area contributed by atoms with Crippen molar-refractivity contribution in [3.8, 4) is 5.75 Å². The Kier molecular flexibility index (Phi) is 6.29. The molecule has 5 heteroatoms. The molecule has 1 aromatic rings. The molecule has 0 radical (unpaired) electrons. The van der Waals surface area contributed by atoms with E-state index in [1.54, 1.807) is 18.5 Å². The molecule has 0 fully saturated rings. The van der Waals surface area contributed by atoms with Gasteiger partial charge in [-0.3, -0.25) is 9.78 Å². The molecule has 1 amide bonds. The van der Waals surface area contributed by atoms with Gasteiger partial charge in [-0.05, 0) is 18.9 Å². The molecule has 0 atom stereocenters. The lowest BCUT2D eigenvalue weighted by atomic mass is 10.1. The summed E-state index contributed by atoms with van der Waals surface area (Å²) >= 11 is 0. The average Bonchev–Trinajstić information content (AvgIpc) is 2.46. The van der Waals surface area contributed by atoms with Gasteiger partial charge in [0.1, 0.15) is 5.75 Å². The standard InChI is InChI=1S/C14H23N3O2/c1-4-11(5-2)17(9-7-15)14(18)12-6-8-16-10-13(12)19-3/h6,8,10-11H,4-5,7,9,15H2,1-3H3. The van der Waals surface area contributed by atoms with Gasteiger partial charge in [-0.25, -0.2) is 0 Å². The van der Waals surface area contributed by atoms with E-state index in [4.69, 9.17) is 10.5 Å². The van der Waals surface area contributed by atoms with Crippen molar-refractivity contribution < 1.29 is 9.53 Å². The Morgan fingerprint density at radius 2 is 2.16 bits per heavy atom. The van der Waals surface area contributed by atoms with Crippen LogP contribution in [0.5, 0.6) is 5.75 Å². The number of carbonyl (C=O) groups is 1. The third kappa shape index (κ3) is 3.67. The molecular weight excluding hydrogens is 242 g/mol. The summed E-state index contributed by atoms with van der Waals surface area (Å²) in [5, 5.41) is 0. The van der Waals surface area contributed by atoms with Crippen molar-refractivity contribution in [2.75, 3.05) is 20.2 Å². The van der Waals surface area contributed by atoms with Crippen molar-refractivity contribution in [2.45, 2.75) is 32.7 Å². The van der Waals surface area contributed by atoms with Crippen LogP contribution in [0.2, 0.25) is 0 Å². The number of carbonyl (C=O) groups excluding carboxylic acids is 1. The van der Waals surface area contributed by atoms with E-state index >= 15 is 0 Å². The zero-order chi connectivity index (χ0) is 14.3. The van der Waals surface area contributed by atoms with E-state index in [-0.39, 0.29) is 11.9 Å². The van der Waals surface area contributed by atoms with Crippen LogP contribution in [0.4, 0.5) is 0 Å². The van der Waals surface area contributed by atoms with Gasteiger partial charge in [0, 0.05) is 25.3 Å². The second-order valence-electron chi connectivity index (χ2n) is 4.33. The lowest BCUT2D eigenvalue weighted by Crippen LogP contribution is -2.42. The van der Waals surface area contributed by atoms with Crippen LogP contribution in [0.15, 0.2) is 18.5 Å². The van der Waals surface area contributed by atoms with Crippen LogP contribution < -0.4 is 10.5 Å². The van der Waals surface area contributed by atoms with E-state index in [1.807, 2.05) is 4.90 Å². The number of amides is 1. The molecule has 0 aromatic carbocycles. The number of methoxy groups -OCH3 is 1. The van der Waals surface area contributed by atoms with E-state index in [2.05, 4.69) is 18.8 Å². The second kappa shape index (κ2) is 7.74. The van der Waals surface area contributed by atoms with Gasteiger partial charge in [0.15, 0.2) is 0 Å². The number of aromatic nitrogens is 1. The molecule has 5 nitrogen and oxygen atoms in total. The van der Waals surface area contributed by atoms with Crippen LogP contribution in [-0.2, 0) is 0 Å². The Bertz CT molecular complexity index is 405. The molecule has 0 unspecified atom stereocenters. The lowest BCUT2D eigenvalue weighted by Gasteiger charge is -2.30. The first-order valence-corrected chi connectivity index (χ1v) is 6.68. The summed E-state index contributed by atoms with van der Waals surface area (Å²) in [5.41, 5.74) is 6.17. The Labute approximate surface area is 114 Å². The Balaban J connectivity index is 3.04. The highest BCUT2D eigenvalue weighted by Crippen LogP contribution is 2.20. The fourth-order valence-corrected chi connectivity index (χ4v) is 2.19. The summed E-state index contributed by atoms with van der Waals surface area (Å²) in [6.45, 7) is 5.16. The maximum absolute atomic E-state index is 12.6. The molecule has 0 aliphatic carbocycles. The molecule has 2 N–H and O–H groups in total. The van der Waals surface area contributed by atoms with Gasteiger partial charge in [-0.15, -0.1) is 0 Å². The molecule has 0 spiro atoms. The van der Waals surface area contributed by atoms with E-state index in [9.17, 15) is 4.79 Å². The largest absolute Gasteiger partial charge is 0.494 e. The fourth-order valence-electron chi connectivity index (χ4n) is 2.19. The van der Waals surface area contributed by atoms with Crippen molar-refractivity contribution in [3.05, 3.63) is 24.0 Å². The second-order valence-corrected chi connectivity index (χ2v) is 4.33. The topological polar surface area (TPSA) is 68.5 Å². The average molecular weight is 265 g/mol. The Morgan fingerprint density at radius 3 is 2.68 bits per heavy atom. The molecule has 106 valence electrons. The molecule has 0 saturated heterocycles. The summed E-state index contributed by atoms with van der Waals surface area (Å²) in [6.07, 6.45) is 4.98. The molecule has 19 heavy (non-hydrogen) atoms. The van der Waals surface area contributed by atoms with Crippen molar-refractivity contribution in [3.63, 3.8) is 0 Å². The fraction of sp³-hybridized carbons (Fsp3) is 0.571. The number of pyridine rings is 1. The van der Waals surface area contributed by atoms with Crippen LogP contribution in [0.1, 0.15) is 37.0 Å². The van der Waals surface area contributed by atoms with Gasteiger partial charge in [-0.1, -0.05) is 13.8 Å². The molecule has 0 aliphatic rings. The number of hydrogen-bond donors (Lipinski definition) is 1. The number of nitrogens with zero attached hydrogens (tertiary/aromatic N) is 2. The number of hydrogen-bond acceptors (Lipinski definition) is 4. The molecule has 1 rings (SSSR count). The number of nitrogens with two attached hydrogens (primary N) is 1. The third-order valence-corrected chi connectivity index (χ3v) is 3.25. The highest BCUT2D eigenvalue weighted by Gasteiger charge is 2.24. The zero-order valence-corrected chi connectivity index (χ0v) is 11.9. The van der Waals surface area contributed by atoms with Crippen LogP contribution in [0, 0.1) is 0 Å². The van der Waals surface area contributed by atoms with E-state index < -0.39 is 0 Å². The number of rotatable bonds is 7. The van der Waals surface area contributed by atoms with Gasteiger partial charge in [0.2, 0.25) is 0 Å². The third-order valence-electron chi connectivity index (χ3n) is 3.25. The predicted molar refractivity (Wildman–Crippen MR) is 75.2 cm³/mol. The maximum atomic E-state index is 12.6. The highest BCUT2D eigenvalue weighted by atomic mass is 16.5. The Hall–Kier alpha value is -1.62. The van der Waals surface area contributed by atoms with Gasteiger partial charge in [0.05, 0.1) is 18.9 Å². The molecular formula is C14H23N3O2. The van der Waals surface area contributed by atoms with Gasteiger partial charge >= 0.3 is 0 Å². The summed E-state index contributed by atoms with van der Waals surface area (Å²) in [7, 11) is 1.54. The van der Waals surface area contributed by atoms with Crippen molar-refractivity contribution in [1.29, 1.82) is 0 Å². The van der Waals surface area contributed by atoms with Crippen molar-refractivity contribution in [1.82, 2.24) is 9.88 Å².